The van der Waals surface area contributed by atoms with Crippen LogP contribution in [0.2, 0.25) is 0 Å². The molecule has 0 aromatic heterocycles. The first-order valence-electron chi connectivity index (χ1n) is 7.45. The van der Waals surface area contributed by atoms with Gasteiger partial charge in [-0.1, -0.05) is 30.3 Å². The number of nitrogens with one attached hydrogen (secondary N) is 1. The van der Waals surface area contributed by atoms with Gasteiger partial charge < -0.3 is 14.8 Å². The SMILES string of the molecule is Br.COc1cc2c(c(Br)c1OC)CCNCC2c1ccccc1. The van der Waals surface area contributed by atoms with Crippen LogP contribution in [0.4, 0.5) is 0 Å². The predicted octanol–water partition coefficient (Wildman–Crippen LogP) is 4.32. The summed E-state index contributed by atoms with van der Waals surface area (Å²) in [5, 5.41) is 3.54. The van der Waals surface area contributed by atoms with Gasteiger partial charge in [0.1, 0.15) is 0 Å². The lowest BCUT2D eigenvalue weighted by Gasteiger charge is -2.22. The van der Waals surface area contributed by atoms with Gasteiger partial charge in [-0.2, -0.15) is 0 Å². The van der Waals surface area contributed by atoms with E-state index in [9.17, 15) is 0 Å². The second-order valence-electron chi connectivity index (χ2n) is 5.41. The second-order valence-corrected chi connectivity index (χ2v) is 6.20. The van der Waals surface area contributed by atoms with Gasteiger partial charge in [0.05, 0.1) is 18.7 Å². The van der Waals surface area contributed by atoms with Crippen LogP contribution in [0.5, 0.6) is 11.5 Å². The maximum absolute atomic E-state index is 5.53. The second kappa shape index (κ2) is 8.18. The molecule has 2 aromatic carbocycles. The zero-order chi connectivity index (χ0) is 15.5. The van der Waals surface area contributed by atoms with E-state index in [0.29, 0.717) is 5.92 Å². The van der Waals surface area contributed by atoms with Crippen LogP contribution in [-0.2, 0) is 6.42 Å². The first-order chi connectivity index (χ1) is 10.8. The molecule has 1 aliphatic rings. The van der Waals surface area contributed by atoms with Gasteiger partial charge in [0.15, 0.2) is 11.5 Å². The molecule has 1 N–H and O–H groups in total. The normalized spacial score (nSPS) is 16.7. The molecule has 2 aromatic rings. The molecule has 3 rings (SSSR count). The highest BCUT2D eigenvalue weighted by molar-refractivity contribution is 9.10. The van der Waals surface area contributed by atoms with Crippen LogP contribution >= 0.6 is 32.9 Å². The van der Waals surface area contributed by atoms with Crippen LogP contribution < -0.4 is 14.8 Å². The fourth-order valence-electron chi connectivity index (χ4n) is 3.13. The molecule has 0 radical (unpaired) electrons. The van der Waals surface area contributed by atoms with Crippen molar-refractivity contribution in [3.8, 4) is 11.5 Å². The van der Waals surface area contributed by atoms with Crippen molar-refractivity contribution in [1.82, 2.24) is 5.32 Å². The minimum atomic E-state index is 0. The van der Waals surface area contributed by atoms with E-state index in [-0.39, 0.29) is 17.0 Å². The highest BCUT2D eigenvalue weighted by Gasteiger charge is 2.25. The van der Waals surface area contributed by atoms with Gasteiger partial charge in [0, 0.05) is 12.5 Å². The summed E-state index contributed by atoms with van der Waals surface area (Å²) in [5.41, 5.74) is 3.93. The first kappa shape index (κ1) is 18.3. The van der Waals surface area contributed by atoms with Crippen molar-refractivity contribution in [2.75, 3.05) is 27.3 Å². The Bertz CT molecular complexity index is 662. The largest absolute Gasteiger partial charge is 0.493 e. The van der Waals surface area contributed by atoms with Crippen LogP contribution in [-0.4, -0.2) is 27.3 Å². The smallest absolute Gasteiger partial charge is 0.175 e. The van der Waals surface area contributed by atoms with Crippen molar-refractivity contribution < 1.29 is 9.47 Å². The Morgan fingerprint density at radius 3 is 2.52 bits per heavy atom. The van der Waals surface area contributed by atoms with Gasteiger partial charge >= 0.3 is 0 Å². The van der Waals surface area contributed by atoms with Crippen LogP contribution in [0.3, 0.4) is 0 Å². The van der Waals surface area contributed by atoms with E-state index in [1.807, 2.05) is 0 Å². The lowest BCUT2D eigenvalue weighted by molar-refractivity contribution is 0.352. The van der Waals surface area contributed by atoms with Gasteiger partial charge in [-0.3, -0.25) is 0 Å². The molecule has 0 saturated heterocycles. The molecule has 5 heteroatoms. The van der Waals surface area contributed by atoms with E-state index in [1.165, 1.54) is 16.7 Å². The fourth-order valence-corrected chi connectivity index (χ4v) is 3.91. The lowest BCUT2D eigenvalue weighted by Crippen LogP contribution is -2.20. The summed E-state index contributed by atoms with van der Waals surface area (Å²) in [7, 11) is 3.36. The molecule has 0 saturated carbocycles. The van der Waals surface area contributed by atoms with E-state index < -0.39 is 0 Å². The quantitative estimate of drug-likeness (QED) is 0.767. The van der Waals surface area contributed by atoms with E-state index >= 15 is 0 Å². The van der Waals surface area contributed by atoms with E-state index in [2.05, 4.69) is 57.6 Å². The van der Waals surface area contributed by atoms with E-state index in [4.69, 9.17) is 9.47 Å². The van der Waals surface area contributed by atoms with Gasteiger partial charge in [0.25, 0.3) is 0 Å². The van der Waals surface area contributed by atoms with Crippen LogP contribution in [0, 0.1) is 0 Å². The standard InChI is InChI=1S/C18H20BrNO2.BrH/c1-21-16-10-14-13(17(19)18(16)22-2)8-9-20-11-15(14)12-6-4-3-5-7-12;/h3-7,10,15,20H,8-9,11H2,1-2H3;1H. The summed E-state index contributed by atoms with van der Waals surface area (Å²) < 4.78 is 12.1. The summed E-state index contributed by atoms with van der Waals surface area (Å²) in [6, 6.07) is 12.7. The van der Waals surface area contributed by atoms with Crippen molar-refractivity contribution in [3.05, 3.63) is 57.6 Å². The molecular weight excluding hydrogens is 422 g/mol. The number of hydrogen-bond acceptors (Lipinski definition) is 3. The third-order valence-electron chi connectivity index (χ3n) is 4.22. The fraction of sp³-hybridized carbons (Fsp3) is 0.333. The molecule has 124 valence electrons. The molecule has 1 heterocycles. The van der Waals surface area contributed by atoms with Crippen LogP contribution in [0.25, 0.3) is 0 Å². The van der Waals surface area contributed by atoms with Crippen molar-refractivity contribution in [2.45, 2.75) is 12.3 Å². The van der Waals surface area contributed by atoms with Gasteiger partial charge in [-0.15, -0.1) is 17.0 Å². The number of halogens is 2. The summed E-state index contributed by atoms with van der Waals surface area (Å²) in [6.45, 7) is 1.89. The summed E-state index contributed by atoms with van der Waals surface area (Å²) in [5.74, 6) is 1.86. The Labute approximate surface area is 156 Å². The zero-order valence-corrected chi connectivity index (χ0v) is 16.6. The molecule has 3 nitrogen and oxygen atoms in total. The average molecular weight is 443 g/mol. The highest BCUT2D eigenvalue weighted by atomic mass is 79.9. The van der Waals surface area contributed by atoms with Crippen LogP contribution in [0.1, 0.15) is 22.6 Å². The first-order valence-corrected chi connectivity index (χ1v) is 8.24. The molecule has 0 aliphatic carbocycles. The molecule has 1 aliphatic heterocycles. The highest BCUT2D eigenvalue weighted by Crippen LogP contribution is 2.43. The predicted molar refractivity (Wildman–Crippen MR) is 102 cm³/mol. The van der Waals surface area contributed by atoms with Crippen molar-refractivity contribution in [1.29, 1.82) is 0 Å². The number of ether oxygens (including phenoxy) is 2. The third-order valence-corrected chi connectivity index (χ3v) is 5.06. The summed E-state index contributed by atoms with van der Waals surface area (Å²) >= 11 is 3.72. The Kier molecular flexibility index (Phi) is 6.50. The van der Waals surface area contributed by atoms with Gasteiger partial charge in [-0.05, 0) is 51.7 Å². The monoisotopic (exact) mass is 441 g/mol. The Morgan fingerprint density at radius 1 is 1.13 bits per heavy atom. The zero-order valence-electron chi connectivity index (χ0n) is 13.3. The molecular formula is C18H21Br2NO2. The lowest BCUT2D eigenvalue weighted by atomic mass is 9.88. The minimum Gasteiger partial charge on any atom is -0.493 e. The maximum Gasteiger partial charge on any atom is 0.175 e. The molecule has 0 spiro atoms. The maximum atomic E-state index is 5.53. The molecule has 0 fully saturated rings. The van der Waals surface area contributed by atoms with Crippen LogP contribution in [0.15, 0.2) is 40.9 Å². The average Bonchev–Trinajstić information content (AvgIpc) is 2.78. The van der Waals surface area contributed by atoms with Gasteiger partial charge in [0.2, 0.25) is 0 Å². The van der Waals surface area contributed by atoms with Crippen molar-refractivity contribution in [2.24, 2.45) is 0 Å². The Balaban J connectivity index is 0.00000192. The van der Waals surface area contributed by atoms with Gasteiger partial charge in [-0.25, -0.2) is 0 Å². The summed E-state index contributed by atoms with van der Waals surface area (Å²) in [4.78, 5) is 0. The number of benzene rings is 2. The molecule has 1 unspecified atom stereocenters. The van der Waals surface area contributed by atoms with Crippen molar-refractivity contribution >= 4 is 32.9 Å². The molecule has 1 atom stereocenters. The number of hydrogen-bond donors (Lipinski definition) is 1. The summed E-state index contributed by atoms with van der Waals surface area (Å²) in [6.07, 6.45) is 0.972. The third kappa shape index (κ3) is 3.57. The molecule has 0 bridgehead atoms. The molecule has 0 amide bonds. The topological polar surface area (TPSA) is 30.5 Å². The van der Waals surface area contributed by atoms with Crippen molar-refractivity contribution in [3.63, 3.8) is 0 Å². The van der Waals surface area contributed by atoms with E-state index in [0.717, 1.165) is 35.5 Å². The Morgan fingerprint density at radius 2 is 1.87 bits per heavy atom. The number of methoxy groups -OCH3 is 2. The minimum absolute atomic E-state index is 0. The number of rotatable bonds is 3. The number of fused-ring (bicyclic) bond motifs is 1. The molecule has 23 heavy (non-hydrogen) atoms. The van der Waals surface area contributed by atoms with E-state index in [1.54, 1.807) is 14.2 Å². The Hall–Kier alpha value is -1.04.